The Morgan fingerprint density at radius 3 is 2.59 bits per heavy atom. The highest BCUT2D eigenvalue weighted by Gasteiger charge is 2.41. The molecule has 0 atom stereocenters. The third-order valence-electron chi connectivity index (χ3n) is 4.61. The molecule has 0 radical (unpaired) electrons. The Morgan fingerprint density at radius 2 is 1.86 bits per heavy atom. The van der Waals surface area contributed by atoms with Crippen LogP contribution in [0.4, 0.5) is 13.2 Å². The number of para-hydroxylation sites is 1. The summed E-state index contributed by atoms with van der Waals surface area (Å²) in [7, 11) is -3.86. The summed E-state index contributed by atoms with van der Waals surface area (Å²) in [6, 6.07) is 10.5. The van der Waals surface area contributed by atoms with E-state index in [-0.39, 0.29) is 18.0 Å². The quantitative estimate of drug-likeness (QED) is 0.643. The van der Waals surface area contributed by atoms with Crippen molar-refractivity contribution < 1.29 is 26.3 Å². The van der Waals surface area contributed by atoms with E-state index in [0.717, 1.165) is 10.4 Å². The summed E-state index contributed by atoms with van der Waals surface area (Å²) in [5.41, 5.74) is 0.0517. The standard InChI is InChI=1S/C19H16F3N3O3S/c1-12-7-8-13-4-2-6-16(17(13)24-12)29(26,27)25-10-14(11-25)28-18-15(19(20,21)22)5-3-9-23-18/h2-9,14H,10-11H2,1H3. The monoisotopic (exact) mass is 423 g/mol. The molecule has 0 spiro atoms. The van der Waals surface area contributed by atoms with Crippen molar-refractivity contribution in [3.05, 3.63) is 59.9 Å². The van der Waals surface area contributed by atoms with Gasteiger partial charge in [-0.2, -0.15) is 17.5 Å². The van der Waals surface area contributed by atoms with E-state index in [4.69, 9.17) is 4.74 Å². The van der Waals surface area contributed by atoms with Crippen molar-refractivity contribution >= 4 is 20.9 Å². The molecule has 0 aliphatic carbocycles. The van der Waals surface area contributed by atoms with E-state index >= 15 is 0 Å². The number of fused-ring (bicyclic) bond motifs is 1. The molecule has 0 bridgehead atoms. The van der Waals surface area contributed by atoms with Crippen molar-refractivity contribution in [1.82, 2.24) is 14.3 Å². The predicted molar refractivity (Wildman–Crippen MR) is 98.9 cm³/mol. The van der Waals surface area contributed by atoms with E-state index in [0.29, 0.717) is 16.6 Å². The maximum Gasteiger partial charge on any atom is 0.421 e. The van der Waals surface area contributed by atoms with Crippen LogP contribution in [0.1, 0.15) is 11.3 Å². The van der Waals surface area contributed by atoms with Crippen LogP contribution in [0.3, 0.4) is 0 Å². The number of sulfonamides is 1. The van der Waals surface area contributed by atoms with Gasteiger partial charge >= 0.3 is 6.18 Å². The molecule has 1 saturated heterocycles. The lowest BCUT2D eigenvalue weighted by Crippen LogP contribution is -2.56. The second-order valence-electron chi connectivity index (χ2n) is 6.70. The van der Waals surface area contributed by atoms with Gasteiger partial charge in [0.15, 0.2) is 0 Å². The van der Waals surface area contributed by atoms with Gasteiger partial charge in [-0.1, -0.05) is 18.2 Å². The maximum absolute atomic E-state index is 13.1. The summed E-state index contributed by atoms with van der Waals surface area (Å²) in [6.07, 6.45) is -4.13. The van der Waals surface area contributed by atoms with Crippen molar-refractivity contribution in [1.29, 1.82) is 0 Å². The molecule has 4 rings (SSSR count). The number of pyridine rings is 2. The average Bonchev–Trinajstić information content (AvgIpc) is 2.63. The van der Waals surface area contributed by atoms with E-state index in [1.165, 1.54) is 18.3 Å². The van der Waals surface area contributed by atoms with Crippen LogP contribution in [0.5, 0.6) is 5.88 Å². The van der Waals surface area contributed by atoms with Crippen LogP contribution in [0.15, 0.2) is 53.6 Å². The summed E-state index contributed by atoms with van der Waals surface area (Å²) in [5.74, 6) is -0.551. The van der Waals surface area contributed by atoms with Crippen LogP contribution >= 0.6 is 0 Å². The Bertz CT molecular complexity index is 1180. The van der Waals surface area contributed by atoms with Crippen molar-refractivity contribution in [3.63, 3.8) is 0 Å². The van der Waals surface area contributed by atoms with Gasteiger partial charge in [0.1, 0.15) is 16.6 Å². The first-order chi connectivity index (χ1) is 13.7. The van der Waals surface area contributed by atoms with Gasteiger partial charge in [0, 0.05) is 17.3 Å². The zero-order valence-electron chi connectivity index (χ0n) is 15.2. The number of rotatable bonds is 4. The van der Waals surface area contributed by atoms with Gasteiger partial charge in [-0.25, -0.2) is 13.4 Å². The van der Waals surface area contributed by atoms with Crippen molar-refractivity contribution in [2.45, 2.75) is 24.1 Å². The number of hydrogen-bond donors (Lipinski definition) is 0. The van der Waals surface area contributed by atoms with Crippen LogP contribution in [-0.2, 0) is 16.2 Å². The molecule has 1 aliphatic heterocycles. The molecule has 152 valence electrons. The fourth-order valence-corrected chi connectivity index (χ4v) is 4.76. The Kier molecular flexibility index (Phi) is 4.70. The lowest BCUT2D eigenvalue weighted by molar-refractivity contribution is -0.140. The average molecular weight is 423 g/mol. The molecule has 1 aliphatic rings. The summed E-state index contributed by atoms with van der Waals surface area (Å²) in [6.45, 7) is 1.62. The van der Waals surface area contributed by atoms with Crippen LogP contribution in [-0.4, -0.2) is 41.9 Å². The van der Waals surface area contributed by atoms with E-state index in [2.05, 4.69) is 9.97 Å². The number of alkyl halides is 3. The summed E-state index contributed by atoms with van der Waals surface area (Å²) in [4.78, 5) is 8.04. The molecule has 3 aromatic rings. The van der Waals surface area contributed by atoms with Gasteiger partial charge in [-0.05, 0) is 31.2 Å². The van der Waals surface area contributed by atoms with Crippen LogP contribution < -0.4 is 4.74 Å². The molecule has 1 aromatic carbocycles. The summed E-state index contributed by atoms with van der Waals surface area (Å²) in [5, 5.41) is 0.688. The second kappa shape index (κ2) is 6.96. The van der Waals surface area contributed by atoms with Gasteiger partial charge in [0.25, 0.3) is 0 Å². The van der Waals surface area contributed by atoms with E-state index in [9.17, 15) is 21.6 Å². The third kappa shape index (κ3) is 3.65. The minimum absolute atomic E-state index is 0.0611. The molecule has 0 saturated carbocycles. The van der Waals surface area contributed by atoms with Gasteiger partial charge in [-0.15, -0.1) is 0 Å². The number of aromatic nitrogens is 2. The van der Waals surface area contributed by atoms with Crippen molar-refractivity contribution in [3.8, 4) is 5.88 Å². The van der Waals surface area contributed by atoms with Gasteiger partial charge < -0.3 is 4.74 Å². The summed E-state index contributed by atoms with van der Waals surface area (Å²) >= 11 is 0. The Morgan fingerprint density at radius 1 is 1.10 bits per heavy atom. The maximum atomic E-state index is 13.1. The highest BCUT2D eigenvalue weighted by Crippen LogP contribution is 2.36. The SMILES string of the molecule is Cc1ccc2cccc(S(=O)(=O)N3CC(Oc4ncccc4C(F)(F)F)C3)c2n1. The molecule has 3 heterocycles. The van der Waals surface area contributed by atoms with E-state index in [1.54, 1.807) is 31.2 Å². The van der Waals surface area contributed by atoms with E-state index in [1.807, 2.05) is 0 Å². The Hall–Kier alpha value is -2.72. The zero-order chi connectivity index (χ0) is 20.8. The molecule has 6 nitrogen and oxygen atoms in total. The first kappa shape index (κ1) is 19.6. The highest BCUT2D eigenvalue weighted by atomic mass is 32.2. The lowest BCUT2D eigenvalue weighted by Gasteiger charge is -2.37. The first-order valence-corrected chi connectivity index (χ1v) is 10.2. The smallest absolute Gasteiger partial charge is 0.421 e. The van der Waals surface area contributed by atoms with Gasteiger partial charge in [0.2, 0.25) is 15.9 Å². The third-order valence-corrected chi connectivity index (χ3v) is 6.47. The normalized spacial score (nSPS) is 16.0. The molecule has 1 fully saturated rings. The topological polar surface area (TPSA) is 72.4 Å². The number of ether oxygens (including phenoxy) is 1. The van der Waals surface area contributed by atoms with Crippen molar-refractivity contribution in [2.75, 3.05) is 13.1 Å². The summed E-state index contributed by atoms with van der Waals surface area (Å²) < 4.78 is 71.6. The minimum Gasteiger partial charge on any atom is -0.471 e. The van der Waals surface area contributed by atoms with Crippen LogP contribution in [0.25, 0.3) is 10.9 Å². The lowest BCUT2D eigenvalue weighted by atomic mass is 10.2. The Labute approximate surface area is 165 Å². The molecule has 0 N–H and O–H groups in total. The molecule has 29 heavy (non-hydrogen) atoms. The number of benzene rings is 1. The highest BCUT2D eigenvalue weighted by molar-refractivity contribution is 7.89. The number of nitrogens with zero attached hydrogens (tertiary/aromatic N) is 3. The van der Waals surface area contributed by atoms with Gasteiger partial charge in [-0.3, -0.25) is 4.98 Å². The molecule has 2 aromatic heterocycles. The van der Waals surface area contributed by atoms with Crippen LogP contribution in [0.2, 0.25) is 0 Å². The Balaban J connectivity index is 1.54. The molecular weight excluding hydrogens is 407 g/mol. The van der Waals surface area contributed by atoms with Gasteiger partial charge in [0.05, 0.1) is 18.6 Å². The number of hydrogen-bond acceptors (Lipinski definition) is 5. The molecule has 0 amide bonds. The zero-order valence-corrected chi connectivity index (χ0v) is 16.0. The second-order valence-corrected chi connectivity index (χ2v) is 8.60. The van der Waals surface area contributed by atoms with Crippen LogP contribution in [0, 0.1) is 6.92 Å². The van der Waals surface area contributed by atoms with E-state index < -0.39 is 33.7 Å². The fourth-order valence-electron chi connectivity index (χ4n) is 3.09. The largest absolute Gasteiger partial charge is 0.471 e. The minimum atomic E-state index is -4.61. The van der Waals surface area contributed by atoms with Crippen molar-refractivity contribution in [2.24, 2.45) is 0 Å². The molecule has 0 unspecified atom stereocenters. The molecular formula is C19H16F3N3O3S. The predicted octanol–water partition coefficient (Wildman–Crippen LogP) is 3.41. The fraction of sp³-hybridized carbons (Fsp3) is 0.263. The first-order valence-electron chi connectivity index (χ1n) is 8.71. The number of halogens is 3. The molecule has 10 heteroatoms. The number of aryl methyl sites for hydroxylation is 1.